The van der Waals surface area contributed by atoms with Crippen LogP contribution in [0, 0.1) is 0 Å². The first-order valence-electron chi connectivity index (χ1n) is 9.17. The van der Waals surface area contributed by atoms with Crippen molar-refractivity contribution < 1.29 is 4.74 Å². The number of halogens is 2. The minimum absolute atomic E-state index is 0. The van der Waals surface area contributed by atoms with E-state index in [-0.39, 0.29) is 24.8 Å². The van der Waals surface area contributed by atoms with Gasteiger partial charge in [-0.1, -0.05) is 12.1 Å². The molecule has 154 valence electrons. The second kappa shape index (κ2) is 9.49. The van der Waals surface area contributed by atoms with Crippen molar-refractivity contribution in [3.63, 3.8) is 0 Å². The van der Waals surface area contributed by atoms with Gasteiger partial charge in [0.1, 0.15) is 11.6 Å². The predicted octanol–water partition coefficient (Wildman–Crippen LogP) is 2.44. The zero-order valence-electron chi connectivity index (χ0n) is 16.0. The second-order valence-electron chi connectivity index (χ2n) is 7.08. The molecule has 7 nitrogen and oxygen atoms in total. The first kappa shape index (κ1) is 22.3. The lowest BCUT2D eigenvalue weighted by Crippen LogP contribution is -2.47. The topological polar surface area (TPSA) is 93.5 Å². The van der Waals surface area contributed by atoms with Crippen molar-refractivity contribution in [3.8, 4) is 5.75 Å². The third kappa shape index (κ3) is 4.54. The average Bonchev–Trinajstić information content (AvgIpc) is 2.65. The number of nitrogens with two attached hydrogens (primary N) is 2. The first-order valence-corrected chi connectivity index (χ1v) is 9.17. The Labute approximate surface area is 178 Å². The highest BCUT2D eigenvalue weighted by Gasteiger charge is 2.30. The molecule has 2 fully saturated rings. The maximum absolute atomic E-state index is 5.97. The Kier molecular flexibility index (Phi) is 7.57. The van der Waals surface area contributed by atoms with E-state index in [9.17, 15) is 0 Å². The lowest BCUT2D eigenvalue weighted by Gasteiger charge is -2.38. The van der Waals surface area contributed by atoms with E-state index in [1.54, 1.807) is 7.11 Å². The third-order valence-corrected chi connectivity index (χ3v) is 5.37. The lowest BCUT2D eigenvalue weighted by molar-refractivity contribution is 0.345. The van der Waals surface area contributed by atoms with Gasteiger partial charge in [0.05, 0.1) is 18.5 Å². The number of ether oxygens (including phenoxy) is 1. The smallest absolute Gasteiger partial charge is 0.222 e. The summed E-state index contributed by atoms with van der Waals surface area (Å²) < 4.78 is 5.49. The molecule has 2 aromatic rings. The number of nitrogen functional groups attached to an aromatic ring is 1. The van der Waals surface area contributed by atoms with Gasteiger partial charge in [0.25, 0.3) is 0 Å². The molecule has 1 aliphatic carbocycles. The Morgan fingerprint density at radius 1 is 1.00 bits per heavy atom. The average molecular weight is 427 g/mol. The van der Waals surface area contributed by atoms with Gasteiger partial charge in [-0.3, -0.25) is 0 Å². The van der Waals surface area contributed by atoms with Crippen molar-refractivity contribution in [1.29, 1.82) is 0 Å². The first-order chi connectivity index (χ1) is 12.6. The Balaban J connectivity index is 0.00000140. The maximum Gasteiger partial charge on any atom is 0.222 e. The summed E-state index contributed by atoms with van der Waals surface area (Å²) in [4.78, 5) is 13.5. The molecule has 4 N–H and O–H groups in total. The van der Waals surface area contributed by atoms with Gasteiger partial charge in [0.2, 0.25) is 5.95 Å². The van der Waals surface area contributed by atoms with Crippen LogP contribution in [0.15, 0.2) is 30.3 Å². The van der Waals surface area contributed by atoms with E-state index < -0.39 is 0 Å². The maximum atomic E-state index is 5.97. The molecule has 0 unspecified atom stereocenters. The Hall–Kier alpha value is -1.96. The van der Waals surface area contributed by atoms with Gasteiger partial charge in [-0.2, -0.15) is 4.98 Å². The largest absolute Gasteiger partial charge is 0.495 e. The molecule has 1 aromatic heterocycles. The van der Waals surface area contributed by atoms with Gasteiger partial charge >= 0.3 is 0 Å². The molecule has 0 amide bonds. The number of aromatic nitrogens is 2. The van der Waals surface area contributed by atoms with Gasteiger partial charge in [0.15, 0.2) is 0 Å². The number of hydrogen-bond acceptors (Lipinski definition) is 7. The van der Waals surface area contributed by atoms with Gasteiger partial charge in [-0.15, -0.1) is 24.8 Å². The summed E-state index contributed by atoms with van der Waals surface area (Å²) >= 11 is 0. The zero-order chi connectivity index (χ0) is 18.1. The van der Waals surface area contributed by atoms with Crippen LogP contribution < -0.4 is 26.0 Å². The van der Waals surface area contributed by atoms with Crippen LogP contribution in [0.4, 0.5) is 17.5 Å². The number of piperazine rings is 1. The van der Waals surface area contributed by atoms with Gasteiger partial charge in [0, 0.05) is 44.2 Å². The molecule has 1 saturated carbocycles. The van der Waals surface area contributed by atoms with E-state index in [0.29, 0.717) is 17.9 Å². The van der Waals surface area contributed by atoms with Crippen molar-refractivity contribution in [2.45, 2.75) is 24.8 Å². The number of anilines is 3. The van der Waals surface area contributed by atoms with Crippen LogP contribution in [0.25, 0.3) is 0 Å². The van der Waals surface area contributed by atoms with Crippen LogP contribution in [-0.4, -0.2) is 49.3 Å². The number of hydrogen-bond donors (Lipinski definition) is 2. The number of benzene rings is 1. The van der Waals surface area contributed by atoms with Crippen LogP contribution in [0.3, 0.4) is 0 Å². The van der Waals surface area contributed by atoms with Crippen molar-refractivity contribution in [3.05, 3.63) is 36.0 Å². The van der Waals surface area contributed by atoms with Crippen molar-refractivity contribution in [2.75, 3.05) is 48.8 Å². The van der Waals surface area contributed by atoms with E-state index >= 15 is 0 Å². The number of nitrogens with zero attached hydrogens (tertiary/aromatic N) is 4. The number of methoxy groups -OCH3 is 1. The summed E-state index contributed by atoms with van der Waals surface area (Å²) in [6.07, 6.45) is 1.97. The molecule has 4 rings (SSSR count). The minimum atomic E-state index is 0. The van der Waals surface area contributed by atoms with Crippen molar-refractivity contribution in [1.82, 2.24) is 9.97 Å². The zero-order valence-corrected chi connectivity index (χ0v) is 17.6. The van der Waals surface area contributed by atoms with Crippen LogP contribution in [0.1, 0.15) is 24.5 Å². The third-order valence-electron chi connectivity index (χ3n) is 5.37. The lowest BCUT2D eigenvalue weighted by atomic mass is 9.78. The normalized spacial score (nSPS) is 21.2. The van der Waals surface area contributed by atoms with E-state index in [1.165, 1.54) is 0 Å². The van der Waals surface area contributed by atoms with Crippen LogP contribution in [0.5, 0.6) is 5.75 Å². The quantitative estimate of drug-likeness (QED) is 0.774. The summed E-state index contributed by atoms with van der Waals surface area (Å²) in [5, 5.41) is 0. The molecule has 9 heteroatoms. The number of para-hydroxylation sites is 2. The predicted molar refractivity (Wildman–Crippen MR) is 118 cm³/mol. The van der Waals surface area contributed by atoms with Gasteiger partial charge < -0.3 is 26.0 Å². The molecular formula is C19H28Cl2N6O. The fourth-order valence-electron chi connectivity index (χ4n) is 3.81. The second-order valence-corrected chi connectivity index (χ2v) is 7.08. The van der Waals surface area contributed by atoms with E-state index in [1.807, 2.05) is 18.2 Å². The van der Waals surface area contributed by atoms with Crippen molar-refractivity contribution in [2.24, 2.45) is 5.73 Å². The molecule has 28 heavy (non-hydrogen) atoms. The van der Waals surface area contributed by atoms with E-state index in [0.717, 1.165) is 62.0 Å². The standard InChI is InChI=1S/C19H26N6O.2ClH/c1-26-17-5-3-2-4-16(17)24-6-8-25(9-7-24)18-12-15(22-19(21)23-18)13-10-14(20)11-13;;/h2-5,12-14H,6-11,20H2,1H3,(H2,21,22,23);2*1H. The number of rotatable bonds is 4. The Morgan fingerprint density at radius 3 is 2.29 bits per heavy atom. The SMILES string of the molecule is COc1ccccc1N1CCN(c2cc(C3CC(N)C3)nc(N)n2)CC1.Cl.Cl. The Bertz CT molecular complexity index is 779. The fourth-order valence-corrected chi connectivity index (χ4v) is 3.81. The molecule has 1 saturated heterocycles. The highest BCUT2D eigenvalue weighted by atomic mass is 35.5. The Morgan fingerprint density at radius 2 is 1.64 bits per heavy atom. The molecule has 2 aliphatic rings. The summed E-state index contributed by atoms with van der Waals surface area (Å²) in [6.45, 7) is 3.60. The summed E-state index contributed by atoms with van der Waals surface area (Å²) in [5.74, 6) is 2.61. The highest BCUT2D eigenvalue weighted by molar-refractivity contribution is 5.85. The molecular weight excluding hydrogens is 399 g/mol. The molecule has 0 spiro atoms. The van der Waals surface area contributed by atoms with E-state index in [4.69, 9.17) is 16.2 Å². The molecule has 2 heterocycles. The summed E-state index contributed by atoms with van der Waals surface area (Å²) in [5.41, 5.74) is 14.1. The van der Waals surface area contributed by atoms with Crippen molar-refractivity contribution >= 4 is 42.3 Å². The van der Waals surface area contributed by atoms with Gasteiger partial charge in [-0.05, 0) is 25.0 Å². The fraction of sp³-hybridized carbons (Fsp3) is 0.474. The highest BCUT2D eigenvalue weighted by Crippen LogP contribution is 2.36. The minimum Gasteiger partial charge on any atom is -0.495 e. The molecule has 1 aromatic carbocycles. The monoisotopic (exact) mass is 426 g/mol. The molecule has 1 aliphatic heterocycles. The molecule has 0 bridgehead atoms. The van der Waals surface area contributed by atoms with Crippen LogP contribution in [-0.2, 0) is 0 Å². The van der Waals surface area contributed by atoms with Gasteiger partial charge in [-0.25, -0.2) is 4.98 Å². The molecule has 0 atom stereocenters. The van der Waals surface area contributed by atoms with Crippen LogP contribution >= 0.6 is 24.8 Å². The molecule has 0 radical (unpaired) electrons. The van der Waals surface area contributed by atoms with Crippen LogP contribution in [0.2, 0.25) is 0 Å². The van der Waals surface area contributed by atoms with E-state index in [2.05, 4.69) is 31.9 Å². The summed E-state index contributed by atoms with van der Waals surface area (Å²) in [6, 6.07) is 10.5. The summed E-state index contributed by atoms with van der Waals surface area (Å²) in [7, 11) is 1.71.